The van der Waals surface area contributed by atoms with E-state index in [1.165, 1.54) is 5.57 Å². The molecule has 0 bridgehead atoms. The summed E-state index contributed by atoms with van der Waals surface area (Å²) in [6.45, 7) is 8.85. The Kier molecular flexibility index (Phi) is 5.27. The molecule has 0 aliphatic heterocycles. The van der Waals surface area contributed by atoms with E-state index in [1.807, 2.05) is 22.9 Å². The fraction of sp³-hybridized carbons (Fsp3) is 0.548. The summed E-state index contributed by atoms with van der Waals surface area (Å²) in [5.74, 6) is 1.96. The number of hydrogen-bond acceptors (Lipinski definition) is 3. The van der Waals surface area contributed by atoms with Gasteiger partial charge in [0, 0.05) is 16.7 Å². The van der Waals surface area contributed by atoms with Crippen LogP contribution in [0, 0.1) is 42.4 Å². The van der Waals surface area contributed by atoms with Gasteiger partial charge in [-0.2, -0.15) is 5.10 Å². The molecule has 4 heteroatoms. The lowest BCUT2D eigenvalue weighted by Crippen LogP contribution is -2.50. The normalized spacial score (nSPS) is 37.6. The van der Waals surface area contributed by atoms with E-state index in [0.717, 1.165) is 73.2 Å². The Hall–Kier alpha value is -2.46. The van der Waals surface area contributed by atoms with Gasteiger partial charge in [0.2, 0.25) is 0 Å². The molecule has 1 aromatic heterocycles. The third-order valence-corrected chi connectivity index (χ3v) is 10.4. The standard InChI is InChI=1S/C31H38N2O2/c1-19-26(20(2)33(32-19)23-8-6-5-7-9-23)16-21-17-28-25-11-10-22-18-24(34)12-14-30(22,3)27(25)13-15-31(28,4)29(21)35/h5-10,16,24-25,27-28,34H,11-15,17-18H2,1-4H3. The van der Waals surface area contributed by atoms with E-state index in [-0.39, 0.29) is 16.9 Å². The molecule has 0 saturated heterocycles. The number of aliphatic hydroxyl groups is 1. The number of Topliss-reactive ketones (excluding diaryl/α,β-unsaturated/α-hetero) is 1. The maximum Gasteiger partial charge on any atom is 0.165 e. The van der Waals surface area contributed by atoms with Crippen LogP contribution in [0.5, 0.6) is 0 Å². The molecule has 0 radical (unpaired) electrons. The van der Waals surface area contributed by atoms with Gasteiger partial charge in [0.05, 0.1) is 17.5 Å². The van der Waals surface area contributed by atoms with E-state index in [4.69, 9.17) is 5.10 Å². The van der Waals surface area contributed by atoms with Gasteiger partial charge in [0.25, 0.3) is 0 Å². The number of benzene rings is 1. The zero-order valence-electron chi connectivity index (χ0n) is 21.6. The molecule has 3 fully saturated rings. The van der Waals surface area contributed by atoms with Crippen molar-refractivity contribution in [2.45, 2.75) is 78.7 Å². The van der Waals surface area contributed by atoms with Crippen molar-refractivity contribution in [1.82, 2.24) is 9.78 Å². The summed E-state index contributed by atoms with van der Waals surface area (Å²) in [4.78, 5) is 13.9. The topological polar surface area (TPSA) is 55.1 Å². The van der Waals surface area contributed by atoms with E-state index >= 15 is 0 Å². The highest BCUT2D eigenvalue weighted by molar-refractivity contribution is 6.06. The van der Waals surface area contributed by atoms with Gasteiger partial charge in [-0.15, -0.1) is 0 Å². The van der Waals surface area contributed by atoms with Gasteiger partial charge >= 0.3 is 0 Å². The number of hydrogen-bond donors (Lipinski definition) is 1. The fourth-order valence-corrected chi connectivity index (χ4v) is 8.30. The van der Waals surface area contributed by atoms with Crippen molar-refractivity contribution in [2.75, 3.05) is 0 Å². The molecular formula is C31H38N2O2. The summed E-state index contributed by atoms with van der Waals surface area (Å²) in [5, 5.41) is 15.1. The van der Waals surface area contributed by atoms with Crippen molar-refractivity contribution < 1.29 is 9.90 Å². The van der Waals surface area contributed by atoms with Gasteiger partial charge < -0.3 is 5.11 Å². The minimum absolute atomic E-state index is 0.175. The first-order valence-corrected chi connectivity index (χ1v) is 13.5. The van der Waals surface area contributed by atoms with Crippen LogP contribution in [0.3, 0.4) is 0 Å². The fourth-order valence-electron chi connectivity index (χ4n) is 8.30. The quantitative estimate of drug-likeness (QED) is 0.409. The first-order chi connectivity index (χ1) is 16.7. The average Bonchev–Trinajstić information content (AvgIpc) is 3.28. The van der Waals surface area contributed by atoms with E-state index in [9.17, 15) is 9.90 Å². The SMILES string of the molecule is Cc1nn(-c2ccccc2)c(C)c1C=C1CC2C3CC=C4CC(O)CCC4(C)C3CCC2(C)C1=O. The van der Waals surface area contributed by atoms with Crippen molar-refractivity contribution in [3.63, 3.8) is 0 Å². The number of rotatable bonds is 2. The molecule has 0 amide bonds. The smallest absolute Gasteiger partial charge is 0.165 e. The second-order valence-electron chi connectivity index (χ2n) is 12.1. The molecule has 35 heavy (non-hydrogen) atoms. The number of aliphatic hydroxyl groups excluding tert-OH is 1. The van der Waals surface area contributed by atoms with Crippen molar-refractivity contribution in [1.29, 1.82) is 0 Å². The van der Waals surface area contributed by atoms with Crippen molar-refractivity contribution in [3.05, 3.63) is 64.5 Å². The van der Waals surface area contributed by atoms with Crippen molar-refractivity contribution in [3.8, 4) is 5.69 Å². The number of allylic oxidation sites excluding steroid dienone is 2. The molecular weight excluding hydrogens is 432 g/mol. The summed E-state index contributed by atoms with van der Waals surface area (Å²) in [6, 6.07) is 10.2. The van der Waals surface area contributed by atoms with Gasteiger partial charge in [-0.25, -0.2) is 4.68 Å². The Bertz CT molecular complexity index is 1240. The summed E-state index contributed by atoms with van der Waals surface area (Å²) in [7, 11) is 0. The second-order valence-corrected chi connectivity index (χ2v) is 12.1. The lowest BCUT2D eigenvalue weighted by molar-refractivity contribution is -0.130. The monoisotopic (exact) mass is 470 g/mol. The summed E-state index contributed by atoms with van der Waals surface area (Å²) in [6.07, 6.45) is 11.3. The van der Waals surface area contributed by atoms with Gasteiger partial charge in [0.1, 0.15) is 0 Å². The van der Waals surface area contributed by atoms with E-state index in [2.05, 4.69) is 52.0 Å². The minimum Gasteiger partial charge on any atom is -0.393 e. The van der Waals surface area contributed by atoms with E-state index < -0.39 is 0 Å². The largest absolute Gasteiger partial charge is 0.393 e. The highest BCUT2D eigenvalue weighted by Crippen LogP contribution is 2.64. The molecule has 1 aromatic carbocycles. The lowest BCUT2D eigenvalue weighted by atomic mass is 9.48. The summed E-state index contributed by atoms with van der Waals surface area (Å²) in [5.41, 5.74) is 6.64. The highest BCUT2D eigenvalue weighted by Gasteiger charge is 2.59. The van der Waals surface area contributed by atoms with Crippen LogP contribution < -0.4 is 0 Å². The Morgan fingerprint density at radius 3 is 2.54 bits per heavy atom. The molecule has 4 aliphatic rings. The van der Waals surface area contributed by atoms with Crippen LogP contribution in [-0.4, -0.2) is 26.8 Å². The minimum atomic E-state index is -0.250. The Morgan fingerprint density at radius 1 is 1.03 bits per heavy atom. The second kappa shape index (κ2) is 8.03. The molecule has 6 unspecified atom stereocenters. The van der Waals surface area contributed by atoms with Crippen LogP contribution in [0.2, 0.25) is 0 Å². The maximum absolute atomic E-state index is 13.9. The van der Waals surface area contributed by atoms with Crippen LogP contribution >= 0.6 is 0 Å². The molecule has 184 valence electrons. The number of para-hydroxylation sites is 1. The van der Waals surface area contributed by atoms with Gasteiger partial charge in [0.15, 0.2) is 5.78 Å². The zero-order chi connectivity index (χ0) is 24.5. The number of carbonyl (C=O) groups excluding carboxylic acids is 1. The Balaban J connectivity index is 1.34. The first-order valence-electron chi connectivity index (χ1n) is 13.5. The predicted molar refractivity (Wildman–Crippen MR) is 139 cm³/mol. The number of nitrogens with zero attached hydrogens (tertiary/aromatic N) is 2. The molecule has 0 spiro atoms. The van der Waals surface area contributed by atoms with Crippen molar-refractivity contribution in [2.24, 2.45) is 28.6 Å². The van der Waals surface area contributed by atoms with Crippen LogP contribution in [0.15, 0.2) is 47.6 Å². The number of carbonyl (C=O) groups is 1. The third-order valence-electron chi connectivity index (χ3n) is 10.4. The van der Waals surface area contributed by atoms with E-state index in [0.29, 0.717) is 23.5 Å². The molecule has 4 nitrogen and oxygen atoms in total. The maximum atomic E-state index is 13.9. The van der Waals surface area contributed by atoms with Crippen LogP contribution in [0.25, 0.3) is 11.8 Å². The number of ketones is 1. The number of aromatic nitrogens is 2. The number of fused-ring (bicyclic) bond motifs is 5. The lowest BCUT2D eigenvalue weighted by Gasteiger charge is -2.56. The predicted octanol–water partition coefficient (Wildman–Crippen LogP) is 6.38. The molecule has 6 rings (SSSR count). The molecule has 4 aliphatic carbocycles. The van der Waals surface area contributed by atoms with Crippen LogP contribution in [0.4, 0.5) is 0 Å². The summed E-state index contributed by atoms with van der Waals surface area (Å²) < 4.78 is 2.00. The molecule has 1 heterocycles. The van der Waals surface area contributed by atoms with Crippen LogP contribution in [0.1, 0.15) is 75.7 Å². The first kappa shape index (κ1) is 23.0. The zero-order valence-corrected chi connectivity index (χ0v) is 21.6. The van der Waals surface area contributed by atoms with E-state index in [1.54, 1.807) is 0 Å². The highest BCUT2D eigenvalue weighted by atomic mass is 16.3. The average molecular weight is 471 g/mol. The Labute approximate surface area is 209 Å². The third kappa shape index (κ3) is 3.36. The Morgan fingerprint density at radius 2 is 1.77 bits per heavy atom. The molecule has 3 saturated carbocycles. The van der Waals surface area contributed by atoms with Gasteiger partial charge in [-0.05, 0) is 106 Å². The molecule has 2 aromatic rings. The van der Waals surface area contributed by atoms with Gasteiger partial charge in [-0.1, -0.05) is 43.7 Å². The van der Waals surface area contributed by atoms with Gasteiger partial charge in [-0.3, -0.25) is 4.79 Å². The van der Waals surface area contributed by atoms with Crippen molar-refractivity contribution >= 4 is 11.9 Å². The van der Waals surface area contributed by atoms with Crippen LogP contribution in [-0.2, 0) is 4.79 Å². The molecule has 1 N–H and O–H groups in total. The summed E-state index contributed by atoms with van der Waals surface area (Å²) >= 11 is 0. The molecule has 6 atom stereocenters. The number of aryl methyl sites for hydroxylation is 1.